The van der Waals surface area contributed by atoms with Crippen LogP contribution in [-0.4, -0.2) is 5.78 Å². The van der Waals surface area contributed by atoms with Crippen molar-refractivity contribution in [3.63, 3.8) is 0 Å². The van der Waals surface area contributed by atoms with Gasteiger partial charge in [0.05, 0.1) is 0 Å². The van der Waals surface area contributed by atoms with Crippen molar-refractivity contribution in [1.82, 2.24) is 0 Å². The average Bonchev–Trinajstić information content (AvgIpc) is 3.52. The molecule has 7 rings (SSSR count). The number of fused-ring (bicyclic) bond motifs is 3. The summed E-state index contributed by atoms with van der Waals surface area (Å²) in [7, 11) is 0. The van der Waals surface area contributed by atoms with Crippen LogP contribution in [-0.2, 0) is 25.7 Å². The van der Waals surface area contributed by atoms with Crippen LogP contribution < -0.4 is 9.80 Å². The maximum Gasteiger partial charge on any atom is 0.194 e. The number of carbonyl (C=O) groups is 1. The van der Waals surface area contributed by atoms with Crippen molar-refractivity contribution in [3.8, 4) is 11.1 Å². The van der Waals surface area contributed by atoms with Crippen molar-refractivity contribution in [2.45, 2.75) is 105 Å². The molecule has 0 heterocycles. The molecule has 0 bridgehead atoms. The van der Waals surface area contributed by atoms with E-state index in [1.54, 1.807) is 0 Å². The maximum atomic E-state index is 14.5. The zero-order chi connectivity index (χ0) is 38.9. The van der Waals surface area contributed by atoms with Gasteiger partial charge >= 0.3 is 0 Å². The quantitative estimate of drug-likeness (QED) is 0.0876. The minimum atomic E-state index is 0.0771. The molecular weight excluding hydrogens is 681 g/mol. The third-order valence-electron chi connectivity index (χ3n) is 11.4. The SMILES string of the molecule is CCCCc1ccc(N(c2ccc(CCCC)cc2)c2ccc3c(c2)C(=O)c2cc(N(c4ccc(CCCC)cc4)c4ccc(CCCC)cc4)ccc2-3)cc1. The monoisotopic (exact) mass is 738 g/mol. The minimum absolute atomic E-state index is 0.0771. The van der Waals surface area contributed by atoms with Crippen LogP contribution >= 0.6 is 0 Å². The first-order valence-electron chi connectivity index (χ1n) is 21.3. The highest BCUT2D eigenvalue weighted by Gasteiger charge is 2.29. The predicted octanol–water partition coefficient (Wildman–Crippen LogP) is 15.2. The highest BCUT2D eigenvalue weighted by Crippen LogP contribution is 2.45. The molecule has 0 N–H and O–H groups in total. The molecule has 0 unspecified atom stereocenters. The zero-order valence-corrected chi connectivity index (χ0v) is 34.0. The first-order valence-corrected chi connectivity index (χ1v) is 21.3. The summed E-state index contributed by atoms with van der Waals surface area (Å²) in [6.07, 6.45) is 13.8. The molecular formula is C53H58N2O. The van der Waals surface area contributed by atoms with Gasteiger partial charge < -0.3 is 9.80 Å². The lowest BCUT2D eigenvalue weighted by molar-refractivity contribution is 0.104. The maximum absolute atomic E-state index is 14.5. The second-order valence-electron chi connectivity index (χ2n) is 15.5. The van der Waals surface area contributed by atoms with Crippen molar-refractivity contribution < 1.29 is 4.79 Å². The van der Waals surface area contributed by atoms with E-state index in [2.05, 4.69) is 171 Å². The molecule has 0 saturated carbocycles. The Kier molecular flexibility index (Phi) is 12.8. The lowest BCUT2D eigenvalue weighted by atomic mass is 10.0. The Balaban J connectivity index is 1.24. The molecule has 0 fully saturated rings. The van der Waals surface area contributed by atoms with Gasteiger partial charge in [-0.2, -0.15) is 0 Å². The molecule has 3 nitrogen and oxygen atoms in total. The number of rotatable bonds is 18. The van der Waals surface area contributed by atoms with E-state index in [1.807, 2.05) is 0 Å². The number of hydrogen-bond donors (Lipinski definition) is 0. The number of aryl methyl sites for hydroxylation is 4. The fraction of sp³-hybridized carbons (Fsp3) is 0.302. The average molecular weight is 739 g/mol. The first-order chi connectivity index (χ1) is 27.5. The molecule has 286 valence electrons. The van der Waals surface area contributed by atoms with Gasteiger partial charge in [-0.3, -0.25) is 4.79 Å². The molecule has 0 spiro atoms. The molecule has 0 atom stereocenters. The van der Waals surface area contributed by atoms with E-state index in [0.29, 0.717) is 0 Å². The summed E-state index contributed by atoms with van der Waals surface area (Å²) in [6, 6.07) is 48.8. The van der Waals surface area contributed by atoms with Gasteiger partial charge in [-0.25, -0.2) is 0 Å². The Morgan fingerprint density at radius 2 is 0.571 bits per heavy atom. The van der Waals surface area contributed by atoms with Crippen LogP contribution in [0.15, 0.2) is 133 Å². The molecule has 1 aliphatic carbocycles. The highest BCUT2D eigenvalue weighted by atomic mass is 16.1. The first kappa shape index (κ1) is 38.8. The fourth-order valence-electron chi connectivity index (χ4n) is 8.00. The lowest BCUT2D eigenvalue weighted by Crippen LogP contribution is -2.11. The van der Waals surface area contributed by atoms with Crippen LogP contribution in [0.4, 0.5) is 34.1 Å². The number of benzene rings is 6. The number of unbranched alkanes of at least 4 members (excludes halogenated alkanes) is 4. The van der Waals surface area contributed by atoms with Crippen molar-refractivity contribution >= 4 is 39.9 Å². The fourth-order valence-corrected chi connectivity index (χ4v) is 8.00. The topological polar surface area (TPSA) is 23.6 Å². The van der Waals surface area contributed by atoms with E-state index in [9.17, 15) is 4.79 Å². The van der Waals surface area contributed by atoms with Gasteiger partial charge in [0.15, 0.2) is 5.78 Å². The summed E-state index contributed by atoms with van der Waals surface area (Å²) >= 11 is 0. The Bertz CT molecular complexity index is 1940. The molecule has 0 aliphatic heterocycles. The van der Waals surface area contributed by atoms with Gasteiger partial charge in [0.2, 0.25) is 0 Å². The lowest BCUT2D eigenvalue weighted by Gasteiger charge is -2.26. The summed E-state index contributed by atoms with van der Waals surface area (Å²) in [4.78, 5) is 19.1. The van der Waals surface area contributed by atoms with Gasteiger partial charge in [-0.15, -0.1) is 0 Å². The van der Waals surface area contributed by atoms with E-state index in [-0.39, 0.29) is 5.78 Å². The predicted molar refractivity (Wildman–Crippen MR) is 239 cm³/mol. The number of nitrogens with zero attached hydrogens (tertiary/aromatic N) is 2. The number of ketones is 1. The van der Waals surface area contributed by atoms with E-state index >= 15 is 0 Å². The van der Waals surface area contributed by atoms with Crippen LogP contribution in [0.3, 0.4) is 0 Å². The van der Waals surface area contributed by atoms with Gasteiger partial charge in [0, 0.05) is 45.3 Å². The van der Waals surface area contributed by atoms with Crippen molar-refractivity contribution in [2.24, 2.45) is 0 Å². The molecule has 0 radical (unpaired) electrons. The van der Waals surface area contributed by atoms with E-state index in [4.69, 9.17) is 0 Å². The second kappa shape index (κ2) is 18.5. The molecule has 56 heavy (non-hydrogen) atoms. The van der Waals surface area contributed by atoms with Crippen LogP contribution in [0, 0.1) is 0 Å². The van der Waals surface area contributed by atoms with Crippen LogP contribution in [0.2, 0.25) is 0 Å². The summed E-state index contributed by atoms with van der Waals surface area (Å²) in [6.45, 7) is 8.96. The van der Waals surface area contributed by atoms with E-state index in [1.165, 1.54) is 73.6 Å². The summed E-state index contributed by atoms with van der Waals surface area (Å²) in [5, 5.41) is 0. The van der Waals surface area contributed by atoms with Crippen LogP contribution in [0.1, 0.15) is 117 Å². The Morgan fingerprint density at radius 1 is 0.321 bits per heavy atom. The Hall–Kier alpha value is -5.41. The Labute approximate surface area is 336 Å². The zero-order valence-electron chi connectivity index (χ0n) is 34.0. The standard InChI is InChI=1S/C53H58N2O/c1-5-9-13-39-17-25-43(26-18-39)54(44-27-19-40(20-28-44)14-10-6-2)47-33-35-49-50-36-34-48(38-52(50)53(56)51(49)37-47)55(45-29-21-41(22-30-45)15-11-7-3)46-31-23-42(24-32-46)16-12-8-4/h17-38H,5-16H2,1-4H3. The number of anilines is 6. The van der Waals surface area contributed by atoms with E-state index in [0.717, 1.165) is 82.1 Å². The highest BCUT2D eigenvalue weighted by molar-refractivity contribution is 6.22. The largest absolute Gasteiger partial charge is 0.310 e. The normalized spacial score (nSPS) is 11.8. The van der Waals surface area contributed by atoms with Gasteiger partial charge in [-0.05, 0) is 158 Å². The third kappa shape index (κ3) is 8.68. The van der Waals surface area contributed by atoms with Gasteiger partial charge in [-0.1, -0.05) is 114 Å². The van der Waals surface area contributed by atoms with Crippen LogP contribution in [0.5, 0.6) is 0 Å². The van der Waals surface area contributed by atoms with Crippen molar-refractivity contribution in [3.05, 3.63) is 167 Å². The molecule has 0 amide bonds. The smallest absolute Gasteiger partial charge is 0.194 e. The van der Waals surface area contributed by atoms with Gasteiger partial charge in [0.1, 0.15) is 0 Å². The molecule has 1 aliphatic rings. The summed E-state index contributed by atoms with van der Waals surface area (Å²) in [5.41, 5.74) is 15.3. The number of carbonyl (C=O) groups excluding carboxylic acids is 1. The number of hydrogen-bond acceptors (Lipinski definition) is 3. The molecule has 3 heteroatoms. The molecule has 0 saturated heterocycles. The molecule has 6 aromatic rings. The second-order valence-corrected chi connectivity index (χ2v) is 15.5. The van der Waals surface area contributed by atoms with Crippen molar-refractivity contribution in [2.75, 3.05) is 9.80 Å². The van der Waals surface area contributed by atoms with Crippen molar-refractivity contribution in [1.29, 1.82) is 0 Å². The van der Waals surface area contributed by atoms with Crippen LogP contribution in [0.25, 0.3) is 11.1 Å². The van der Waals surface area contributed by atoms with Gasteiger partial charge in [0.25, 0.3) is 0 Å². The minimum Gasteiger partial charge on any atom is -0.310 e. The Morgan fingerprint density at radius 3 is 0.821 bits per heavy atom. The van der Waals surface area contributed by atoms with E-state index < -0.39 is 0 Å². The summed E-state index contributed by atoms with van der Waals surface area (Å²) < 4.78 is 0. The third-order valence-corrected chi connectivity index (χ3v) is 11.4. The molecule has 0 aromatic heterocycles. The summed E-state index contributed by atoms with van der Waals surface area (Å²) in [5.74, 6) is 0.0771. The molecule has 6 aromatic carbocycles.